The first-order chi connectivity index (χ1) is 15.8. The average Bonchev–Trinajstić information content (AvgIpc) is 3.38. The van der Waals surface area contributed by atoms with E-state index in [0.29, 0.717) is 18.2 Å². The molecule has 0 radical (unpaired) electrons. The van der Waals surface area contributed by atoms with Crippen molar-refractivity contribution in [2.45, 2.75) is 39.5 Å². The van der Waals surface area contributed by atoms with Crippen molar-refractivity contribution in [2.24, 2.45) is 0 Å². The minimum absolute atomic E-state index is 0.0690. The maximum Gasteiger partial charge on any atom is 0.263 e. The number of carbonyl (C=O) groups excluding carboxylic acids is 1. The van der Waals surface area contributed by atoms with Gasteiger partial charge in [-0.05, 0) is 48.2 Å². The first kappa shape index (κ1) is 22.8. The Labute approximate surface area is 197 Å². The fraction of sp³-hybridized carbons (Fsp3) is 0.320. The zero-order valence-electron chi connectivity index (χ0n) is 19.3. The first-order valence-electron chi connectivity index (χ1n) is 10.8. The van der Waals surface area contributed by atoms with Gasteiger partial charge in [-0.25, -0.2) is 4.98 Å². The largest absolute Gasteiger partial charge is 0.493 e. The third-order valence-corrected chi connectivity index (χ3v) is 6.32. The molecule has 0 bridgehead atoms. The number of hydrogen-bond acceptors (Lipinski definition) is 6. The number of H-pyrrole nitrogens is 1. The number of rotatable bonds is 8. The fourth-order valence-electron chi connectivity index (χ4n) is 3.37. The highest BCUT2D eigenvalue weighted by molar-refractivity contribution is 7.09. The summed E-state index contributed by atoms with van der Waals surface area (Å²) in [5, 5.41) is 10.8. The molecule has 0 aliphatic carbocycles. The number of anilines is 1. The Bertz CT molecular complexity index is 1240. The van der Waals surface area contributed by atoms with E-state index in [2.05, 4.69) is 41.3 Å². The van der Waals surface area contributed by atoms with Gasteiger partial charge < -0.3 is 14.8 Å². The molecule has 33 heavy (non-hydrogen) atoms. The van der Waals surface area contributed by atoms with E-state index in [9.17, 15) is 4.79 Å². The third-order valence-electron chi connectivity index (χ3n) is 5.33. The molecule has 4 aromatic rings. The quantitative estimate of drug-likeness (QED) is 0.371. The van der Waals surface area contributed by atoms with Crippen molar-refractivity contribution in [3.05, 3.63) is 64.1 Å². The zero-order valence-corrected chi connectivity index (χ0v) is 20.1. The summed E-state index contributed by atoms with van der Waals surface area (Å²) in [4.78, 5) is 17.9. The molecule has 2 aromatic heterocycles. The van der Waals surface area contributed by atoms with Crippen LogP contribution < -0.4 is 14.8 Å². The number of benzene rings is 2. The number of aromatic amines is 1. The fourth-order valence-corrected chi connectivity index (χ4v) is 4.14. The van der Waals surface area contributed by atoms with Gasteiger partial charge in [0.2, 0.25) is 0 Å². The predicted octanol–water partition coefficient (Wildman–Crippen LogP) is 5.26. The second-order valence-corrected chi connectivity index (χ2v) is 9.79. The highest BCUT2D eigenvalue weighted by Crippen LogP contribution is 2.26. The number of nitrogens with zero attached hydrogens (tertiary/aromatic N) is 2. The Balaban J connectivity index is 1.34. The first-order valence-corrected chi connectivity index (χ1v) is 11.7. The molecule has 0 saturated heterocycles. The number of nitrogens with one attached hydrogen (secondary N) is 2. The Morgan fingerprint density at radius 3 is 2.55 bits per heavy atom. The topological polar surface area (TPSA) is 89.1 Å². The van der Waals surface area contributed by atoms with E-state index in [1.807, 2.05) is 54.9 Å². The summed E-state index contributed by atoms with van der Waals surface area (Å²) in [6.07, 6.45) is 0.803. The maximum absolute atomic E-state index is 12.4. The number of aryl methyl sites for hydroxylation is 1. The van der Waals surface area contributed by atoms with Gasteiger partial charge in [0, 0.05) is 16.7 Å². The number of amides is 1. The molecule has 0 spiro atoms. The Morgan fingerprint density at radius 2 is 1.85 bits per heavy atom. The highest BCUT2D eigenvalue weighted by atomic mass is 32.1. The molecule has 8 heteroatoms. The molecule has 0 saturated carbocycles. The molecule has 0 aliphatic rings. The number of aromatic nitrogens is 3. The van der Waals surface area contributed by atoms with Crippen molar-refractivity contribution in [3.63, 3.8) is 0 Å². The minimum atomic E-state index is -0.282. The number of hydrogen-bond donors (Lipinski definition) is 2. The molecule has 0 aliphatic heterocycles. The van der Waals surface area contributed by atoms with E-state index >= 15 is 0 Å². The Hall–Kier alpha value is -3.39. The monoisotopic (exact) mass is 464 g/mol. The molecule has 0 fully saturated rings. The van der Waals surface area contributed by atoms with Crippen LogP contribution in [0.4, 0.5) is 5.82 Å². The second kappa shape index (κ2) is 9.62. The molecule has 4 rings (SSSR count). The van der Waals surface area contributed by atoms with Crippen molar-refractivity contribution >= 4 is 34.0 Å². The number of ether oxygens (including phenoxy) is 2. The summed E-state index contributed by atoms with van der Waals surface area (Å²) < 4.78 is 11.5. The van der Waals surface area contributed by atoms with Crippen LogP contribution in [0.2, 0.25) is 0 Å². The number of carbonyl (C=O) groups is 1. The van der Waals surface area contributed by atoms with Crippen LogP contribution in [0.3, 0.4) is 0 Å². The van der Waals surface area contributed by atoms with Gasteiger partial charge in [0.25, 0.3) is 5.91 Å². The van der Waals surface area contributed by atoms with Crippen LogP contribution in [0.1, 0.15) is 36.9 Å². The molecule has 172 valence electrons. The van der Waals surface area contributed by atoms with E-state index < -0.39 is 0 Å². The molecule has 2 heterocycles. The molecule has 2 aromatic carbocycles. The normalized spacial score (nSPS) is 11.5. The lowest BCUT2D eigenvalue weighted by atomic mass is 9.87. The van der Waals surface area contributed by atoms with Crippen LogP contribution in [0.5, 0.6) is 11.5 Å². The van der Waals surface area contributed by atoms with Crippen LogP contribution in [-0.2, 0) is 16.6 Å². The summed E-state index contributed by atoms with van der Waals surface area (Å²) in [5.41, 5.74) is 4.99. The average molecular weight is 465 g/mol. The predicted molar refractivity (Wildman–Crippen MR) is 131 cm³/mol. The summed E-state index contributed by atoms with van der Waals surface area (Å²) in [6.45, 7) is 8.92. The van der Waals surface area contributed by atoms with E-state index in [4.69, 9.17) is 9.47 Å². The van der Waals surface area contributed by atoms with Crippen LogP contribution in [0, 0.1) is 6.92 Å². The molecule has 1 amide bonds. The molecule has 2 N–H and O–H groups in total. The van der Waals surface area contributed by atoms with Gasteiger partial charge in [-0.2, -0.15) is 5.10 Å². The van der Waals surface area contributed by atoms with E-state index in [0.717, 1.165) is 28.8 Å². The van der Waals surface area contributed by atoms with Gasteiger partial charge in [0.05, 0.1) is 23.3 Å². The summed E-state index contributed by atoms with van der Waals surface area (Å²) in [5.74, 6) is 1.54. The smallest absolute Gasteiger partial charge is 0.263 e. The van der Waals surface area contributed by atoms with Crippen LogP contribution in [-0.4, -0.2) is 34.3 Å². The van der Waals surface area contributed by atoms with Gasteiger partial charge in [-0.1, -0.05) is 32.9 Å². The summed E-state index contributed by atoms with van der Waals surface area (Å²) >= 11 is 1.64. The molecule has 0 unspecified atom stereocenters. The van der Waals surface area contributed by atoms with E-state index in [-0.39, 0.29) is 17.9 Å². The zero-order chi connectivity index (χ0) is 23.4. The Kier molecular flexibility index (Phi) is 6.65. The van der Waals surface area contributed by atoms with Crippen molar-refractivity contribution < 1.29 is 14.3 Å². The third kappa shape index (κ3) is 5.70. The standard InChI is InChI=1S/C25H28N4O3S/c1-16-22(33-15-26-16)11-12-31-19-9-10-21-20(13-19)24(29-28-21)27-23(30)14-32-18-7-5-17(6-8-18)25(2,3)4/h5-10,13,15H,11-12,14H2,1-4H3,(H2,27,28,29,30). The van der Waals surface area contributed by atoms with Gasteiger partial charge in [-0.15, -0.1) is 11.3 Å². The molecule has 7 nitrogen and oxygen atoms in total. The van der Waals surface area contributed by atoms with Gasteiger partial charge in [0.15, 0.2) is 12.4 Å². The van der Waals surface area contributed by atoms with Crippen molar-refractivity contribution in [1.29, 1.82) is 0 Å². The molecular formula is C25H28N4O3S. The van der Waals surface area contributed by atoms with E-state index in [1.165, 1.54) is 10.4 Å². The SMILES string of the molecule is Cc1ncsc1CCOc1ccc2[nH]nc(NC(=O)COc3ccc(C(C)(C)C)cc3)c2c1. The van der Waals surface area contributed by atoms with Crippen molar-refractivity contribution in [3.8, 4) is 11.5 Å². The Morgan fingerprint density at radius 1 is 1.09 bits per heavy atom. The van der Waals surface area contributed by atoms with Gasteiger partial charge >= 0.3 is 0 Å². The van der Waals surface area contributed by atoms with Crippen LogP contribution >= 0.6 is 11.3 Å². The van der Waals surface area contributed by atoms with Gasteiger partial charge in [0.1, 0.15) is 11.5 Å². The number of thiazole rings is 1. The molecular weight excluding hydrogens is 436 g/mol. The number of fused-ring (bicyclic) bond motifs is 1. The van der Waals surface area contributed by atoms with Gasteiger partial charge in [-0.3, -0.25) is 9.89 Å². The highest BCUT2D eigenvalue weighted by Gasteiger charge is 2.14. The van der Waals surface area contributed by atoms with Crippen LogP contribution in [0.15, 0.2) is 48.0 Å². The lowest BCUT2D eigenvalue weighted by molar-refractivity contribution is -0.118. The minimum Gasteiger partial charge on any atom is -0.493 e. The molecule has 0 atom stereocenters. The summed E-state index contributed by atoms with van der Waals surface area (Å²) in [7, 11) is 0. The second-order valence-electron chi connectivity index (χ2n) is 8.85. The maximum atomic E-state index is 12.4. The van der Waals surface area contributed by atoms with E-state index in [1.54, 1.807) is 11.3 Å². The van der Waals surface area contributed by atoms with Crippen molar-refractivity contribution in [2.75, 3.05) is 18.5 Å². The lowest BCUT2D eigenvalue weighted by Gasteiger charge is -2.19. The summed E-state index contributed by atoms with van der Waals surface area (Å²) in [6, 6.07) is 13.5. The van der Waals surface area contributed by atoms with Crippen LogP contribution in [0.25, 0.3) is 10.9 Å². The van der Waals surface area contributed by atoms with Crippen molar-refractivity contribution in [1.82, 2.24) is 15.2 Å². The lowest BCUT2D eigenvalue weighted by Crippen LogP contribution is -2.20.